The summed E-state index contributed by atoms with van der Waals surface area (Å²) in [5, 5.41) is 3.43. The molecule has 0 radical (unpaired) electrons. The lowest BCUT2D eigenvalue weighted by Gasteiger charge is -2.33. The molecule has 0 aliphatic carbocycles. The van der Waals surface area contributed by atoms with Gasteiger partial charge in [0.1, 0.15) is 5.60 Å². The van der Waals surface area contributed by atoms with Crippen molar-refractivity contribution in [1.29, 1.82) is 0 Å². The van der Waals surface area contributed by atoms with Gasteiger partial charge in [-0.05, 0) is 45.7 Å². The van der Waals surface area contributed by atoms with Crippen molar-refractivity contribution in [2.24, 2.45) is 0 Å². The highest BCUT2D eigenvalue weighted by molar-refractivity contribution is 5.77. The zero-order valence-electron chi connectivity index (χ0n) is 13.9. The van der Waals surface area contributed by atoms with Crippen LogP contribution >= 0.6 is 0 Å². The van der Waals surface area contributed by atoms with Crippen molar-refractivity contribution in [1.82, 2.24) is 14.9 Å². The first-order valence-corrected chi connectivity index (χ1v) is 8.10. The molecule has 0 atom stereocenters. The van der Waals surface area contributed by atoms with Crippen LogP contribution in [0.4, 0.5) is 10.7 Å². The predicted molar refractivity (Wildman–Crippen MR) is 90.5 cm³/mol. The third kappa shape index (κ3) is 3.94. The van der Waals surface area contributed by atoms with Crippen LogP contribution < -0.4 is 5.32 Å². The summed E-state index contributed by atoms with van der Waals surface area (Å²) in [7, 11) is 0. The number of benzene rings is 1. The summed E-state index contributed by atoms with van der Waals surface area (Å²) in [6.07, 6.45) is 1.55. The van der Waals surface area contributed by atoms with Crippen molar-refractivity contribution < 1.29 is 9.53 Å². The van der Waals surface area contributed by atoms with Crippen LogP contribution in [0.5, 0.6) is 0 Å². The Balaban J connectivity index is 1.54. The van der Waals surface area contributed by atoms with Gasteiger partial charge in [-0.1, -0.05) is 12.1 Å². The number of rotatable bonds is 2. The van der Waals surface area contributed by atoms with Gasteiger partial charge in [-0.25, -0.2) is 9.78 Å². The summed E-state index contributed by atoms with van der Waals surface area (Å²) in [6.45, 7) is 7.07. The van der Waals surface area contributed by atoms with Crippen molar-refractivity contribution >= 4 is 23.1 Å². The number of para-hydroxylation sites is 2. The maximum atomic E-state index is 12.1. The quantitative estimate of drug-likeness (QED) is 0.891. The molecule has 1 fully saturated rings. The number of hydrogen-bond acceptors (Lipinski definition) is 4. The van der Waals surface area contributed by atoms with Gasteiger partial charge in [-0.2, -0.15) is 0 Å². The number of likely N-dealkylation sites (tertiary alicyclic amines) is 1. The number of piperidine rings is 1. The van der Waals surface area contributed by atoms with Gasteiger partial charge >= 0.3 is 6.09 Å². The minimum Gasteiger partial charge on any atom is -0.444 e. The van der Waals surface area contributed by atoms with Crippen LogP contribution in [-0.2, 0) is 4.74 Å². The molecule has 1 aromatic carbocycles. The lowest BCUT2D eigenvalue weighted by Crippen LogP contribution is -2.44. The standard InChI is InChI=1S/C17H24N4O2/c1-17(2,3)23-16(22)21-10-8-12(9-11-21)18-15-19-13-6-4-5-7-14(13)20-15/h4-7,12H,8-11H2,1-3H3,(H2,18,19,20). The van der Waals surface area contributed by atoms with Crippen molar-refractivity contribution in [3.63, 3.8) is 0 Å². The summed E-state index contributed by atoms with van der Waals surface area (Å²) in [5.41, 5.74) is 1.54. The highest BCUT2D eigenvalue weighted by Gasteiger charge is 2.27. The second-order valence-electron chi connectivity index (χ2n) is 6.99. The number of fused-ring (bicyclic) bond motifs is 1. The first-order valence-electron chi connectivity index (χ1n) is 8.10. The fourth-order valence-electron chi connectivity index (χ4n) is 2.75. The van der Waals surface area contributed by atoms with Crippen LogP contribution in [0.15, 0.2) is 24.3 Å². The lowest BCUT2D eigenvalue weighted by molar-refractivity contribution is 0.0210. The fraction of sp³-hybridized carbons (Fsp3) is 0.529. The number of hydrogen-bond donors (Lipinski definition) is 2. The number of ether oxygens (including phenoxy) is 1. The molecule has 124 valence electrons. The Morgan fingerprint density at radius 1 is 1.30 bits per heavy atom. The minimum atomic E-state index is -0.444. The number of H-pyrrole nitrogens is 1. The summed E-state index contributed by atoms with van der Waals surface area (Å²) >= 11 is 0. The molecule has 6 nitrogen and oxygen atoms in total. The summed E-state index contributed by atoms with van der Waals surface area (Å²) in [6, 6.07) is 8.28. The summed E-state index contributed by atoms with van der Waals surface area (Å²) in [5.74, 6) is 0.793. The smallest absolute Gasteiger partial charge is 0.410 e. The predicted octanol–water partition coefficient (Wildman–Crippen LogP) is 3.37. The van der Waals surface area contributed by atoms with Gasteiger partial charge in [-0.3, -0.25) is 0 Å². The van der Waals surface area contributed by atoms with E-state index >= 15 is 0 Å². The molecule has 23 heavy (non-hydrogen) atoms. The second-order valence-corrected chi connectivity index (χ2v) is 6.99. The van der Waals surface area contributed by atoms with Crippen LogP contribution in [0.2, 0.25) is 0 Å². The Morgan fingerprint density at radius 2 is 2.00 bits per heavy atom. The van der Waals surface area contributed by atoms with Gasteiger partial charge in [0.25, 0.3) is 0 Å². The van der Waals surface area contributed by atoms with Gasteiger partial charge in [0, 0.05) is 19.1 Å². The Morgan fingerprint density at radius 3 is 2.65 bits per heavy atom. The van der Waals surface area contributed by atoms with Crippen LogP contribution in [-0.4, -0.2) is 45.7 Å². The van der Waals surface area contributed by atoms with Crippen LogP contribution in [0.3, 0.4) is 0 Å². The molecule has 1 saturated heterocycles. The van der Waals surface area contributed by atoms with Gasteiger partial charge in [0.15, 0.2) is 0 Å². The molecule has 2 aromatic rings. The van der Waals surface area contributed by atoms with Crippen molar-refractivity contribution in [2.75, 3.05) is 18.4 Å². The van der Waals surface area contributed by atoms with E-state index in [0.29, 0.717) is 19.1 Å². The van der Waals surface area contributed by atoms with E-state index in [-0.39, 0.29) is 6.09 Å². The van der Waals surface area contributed by atoms with E-state index in [1.807, 2.05) is 45.0 Å². The van der Waals surface area contributed by atoms with E-state index in [2.05, 4.69) is 15.3 Å². The number of nitrogens with zero attached hydrogens (tertiary/aromatic N) is 2. The molecule has 2 heterocycles. The molecule has 1 aromatic heterocycles. The lowest BCUT2D eigenvalue weighted by atomic mass is 10.1. The van der Waals surface area contributed by atoms with Crippen LogP contribution in [0.1, 0.15) is 33.6 Å². The zero-order valence-corrected chi connectivity index (χ0v) is 13.9. The third-order valence-electron chi connectivity index (χ3n) is 3.88. The van der Waals surface area contributed by atoms with Gasteiger partial charge in [0.05, 0.1) is 11.0 Å². The number of amides is 1. The van der Waals surface area contributed by atoms with Crippen molar-refractivity contribution in [3.05, 3.63) is 24.3 Å². The molecule has 3 rings (SSSR count). The summed E-state index contributed by atoms with van der Waals surface area (Å²) < 4.78 is 5.42. The molecule has 0 unspecified atom stereocenters. The number of anilines is 1. The number of carbonyl (C=O) groups excluding carboxylic acids is 1. The molecule has 0 bridgehead atoms. The Hall–Kier alpha value is -2.24. The normalized spacial score (nSPS) is 16.6. The van der Waals surface area contributed by atoms with Gasteiger partial charge in [-0.15, -0.1) is 0 Å². The Bertz CT molecular complexity index is 648. The molecule has 6 heteroatoms. The van der Waals surface area contributed by atoms with Crippen LogP contribution in [0, 0.1) is 0 Å². The van der Waals surface area contributed by atoms with Gasteiger partial charge < -0.3 is 19.9 Å². The van der Waals surface area contributed by atoms with E-state index in [1.54, 1.807) is 4.90 Å². The van der Waals surface area contributed by atoms with Gasteiger partial charge in [0.2, 0.25) is 5.95 Å². The molecule has 0 saturated carbocycles. The molecular weight excluding hydrogens is 292 g/mol. The monoisotopic (exact) mass is 316 g/mol. The SMILES string of the molecule is CC(C)(C)OC(=O)N1CCC(Nc2nc3ccccc3[nH]2)CC1. The Kier molecular flexibility index (Phi) is 4.15. The number of carbonyl (C=O) groups is 1. The number of aromatic nitrogens is 2. The molecule has 1 amide bonds. The maximum absolute atomic E-state index is 12.1. The topological polar surface area (TPSA) is 70.2 Å². The van der Waals surface area contributed by atoms with Crippen molar-refractivity contribution in [3.8, 4) is 0 Å². The molecule has 1 aliphatic heterocycles. The fourth-order valence-corrected chi connectivity index (χ4v) is 2.75. The average Bonchev–Trinajstić information content (AvgIpc) is 2.88. The minimum absolute atomic E-state index is 0.223. The molecular formula is C17H24N4O2. The second kappa shape index (κ2) is 6.10. The Labute approximate surface area is 136 Å². The molecule has 0 spiro atoms. The average molecular weight is 316 g/mol. The van der Waals surface area contributed by atoms with Crippen LogP contribution in [0.25, 0.3) is 11.0 Å². The highest BCUT2D eigenvalue weighted by Crippen LogP contribution is 2.19. The van der Waals surface area contributed by atoms with E-state index in [9.17, 15) is 4.79 Å². The molecule has 2 N–H and O–H groups in total. The van der Waals surface area contributed by atoms with Crippen molar-refractivity contribution in [2.45, 2.75) is 45.3 Å². The first kappa shape index (κ1) is 15.6. The van der Waals surface area contributed by atoms with E-state index in [4.69, 9.17) is 4.74 Å². The van der Waals surface area contributed by atoms with E-state index < -0.39 is 5.60 Å². The first-order chi connectivity index (χ1) is 10.9. The molecule has 1 aliphatic rings. The number of aromatic amines is 1. The maximum Gasteiger partial charge on any atom is 0.410 e. The number of imidazole rings is 1. The highest BCUT2D eigenvalue weighted by atomic mass is 16.6. The largest absolute Gasteiger partial charge is 0.444 e. The number of nitrogens with one attached hydrogen (secondary N) is 2. The zero-order chi connectivity index (χ0) is 16.4. The third-order valence-corrected chi connectivity index (χ3v) is 3.88. The summed E-state index contributed by atoms with van der Waals surface area (Å²) in [4.78, 5) is 21.7. The van der Waals surface area contributed by atoms with E-state index in [1.165, 1.54) is 0 Å². The van der Waals surface area contributed by atoms with E-state index in [0.717, 1.165) is 29.8 Å².